The fraction of sp³-hybridized carbons (Fsp3) is 0.571. The van der Waals surface area contributed by atoms with Crippen LogP contribution in [-0.2, 0) is 12.4 Å². The van der Waals surface area contributed by atoms with E-state index in [0.717, 1.165) is 30.1 Å². The summed E-state index contributed by atoms with van der Waals surface area (Å²) in [6, 6.07) is 3.77. The third-order valence-corrected chi connectivity index (χ3v) is 4.05. The fourth-order valence-corrected chi connectivity index (χ4v) is 2.93. The number of aromatic nitrogens is 3. The van der Waals surface area contributed by atoms with Gasteiger partial charge in [-0.2, -0.15) is 4.98 Å². The molecule has 0 unspecified atom stereocenters. The summed E-state index contributed by atoms with van der Waals surface area (Å²) in [5, 5.41) is 0. The van der Waals surface area contributed by atoms with E-state index in [-0.39, 0.29) is 0 Å². The van der Waals surface area contributed by atoms with Crippen molar-refractivity contribution < 1.29 is 4.74 Å². The summed E-state index contributed by atoms with van der Waals surface area (Å²) in [6.45, 7) is 4.28. The Balaban J connectivity index is 1.89. The largest absolute Gasteiger partial charge is 0.481 e. The van der Waals surface area contributed by atoms with Gasteiger partial charge < -0.3 is 14.2 Å². The van der Waals surface area contributed by atoms with Crippen LogP contribution in [0.4, 0.5) is 0 Å². The highest BCUT2D eigenvalue weighted by atomic mass is 35.5. The van der Waals surface area contributed by atoms with Crippen LogP contribution in [0.2, 0.25) is 0 Å². The molecule has 0 spiro atoms. The molecule has 1 aliphatic rings. The van der Waals surface area contributed by atoms with Crippen molar-refractivity contribution in [2.24, 2.45) is 0 Å². The van der Waals surface area contributed by atoms with E-state index >= 15 is 0 Å². The number of rotatable bonds is 5. The molecule has 3 rings (SSSR count). The molecule has 0 saturated carbocycles. The Morgan fingerprint density at radius 2 is 2.00 bits per heavy atom. The Morgan fingerprint density at radius 1 is 1.20 bits per heavy atom. The van der Waals surface area contributed by atoms with Crippen LogP contribution in [0.3, 0.4) is 0 Å². The molecule has 3 heterocycles. The van der Waals surface area contributed by atoms with Crippen molar-refractivity contribution in [3.8, 4) is 5.88 Å². The van der Waals surface area contributed by atoms with Gasteiger partial charge in [-0.15, -0.1) is 11.6 Å². The first-order valence-electron chi connectivity index (χ1n) is 7.00. The summed E-state index contributed by atoms with van der Waals surface area (Å²) in [5.41, 5.74) is 1.74. The molecule has 0 aliphatic carbocycles. The monoisotopic (exact) mass is 294 g/mol. The fourth-order valence-electron chi connectivity index (χ4n) is 2.73. The number of imidazole rings is 1. The molecule has 5 nitrogen and oxygen atoms in total. The van der Waals surface area contributed by atoms with E-state index < -0.39 is 0 Å². The predicted molar refractivity (Wildman–Crippen MR) is 79.3 cm³/mol. The summed E-state index contributed by atoms with van der Waals surface area (Å²) in [4.78, 5) is 11.5. The normalized spacial score (nSPS) is 16.1. The third-order valence-electron chi connectivity index (χ3n) is 3.81. The molecule has 0 aromatic carbocycles. The average molecular weight is 295 g/mol. The molecular formula is C14H19ClN4O. The standard InChI is InChI=1S/C14H19ClN4O/c1-20-13-5-4-11-14(17-13)19(12(10-15)16-11)9-8-18-6-2-3-7-18/h4-5H,2-3,6-10H2,1H3. The number of alkyl halides is 1. The van der Waals surface area contributed by atoms with Crippen molar-refractivity contribution in [3.05, 3.63) is 18.0 Å². The van der Waals surface area contributed by atoms with E-state index in [1.807, 2.05) is 12.1 Å². The molecule has 6 heteroatoms. The third kappa shape index (κ3) is 2.60. The lowest BCUT2D eigenvalue weighted by atomic mass is 10.4. The number of methoxy groups -OCH3 is 1. The number of ether oxygens (including phenoxy) is 1. The smallest absolute Gasteiger partial charge is 0.215 e. The lowest BCUT2D eigenvalue weighted by molar-refractivity contribution is 0.322. The van der Waals surface area contributed by atoms with Crippen LogP contribution in [-0.4, -0.2) is 46.2 Å². The number of fused-ring (bicyclic) bond motifs is 1. The van der Waals surface area contributed by atoms with Gasteiger partial charge in [0.25, 0.3) is 0 Å². The zero-order valence-electron chi connectivity index (χ0n) is 11.7. The number of likely N-dealkylation sites (tertiary alicyclic amines) is 1. The zero-order valence-corrected chi connectivity index (χ0v) is 12.4. The van der Waals surface area contributed by atoms with Crippen LogP contribution in [0.1, 0.15) is 18.7 Å². The first-order valence-corrected chi connectivity index (χ1v) is 7.53. The van der Waals surface area contributed by atoms with Crippen LogP contribution in [0.5, 0.6) is 5.88 Å². The Hall–Kier alpha value is -1.33. The summed E-state index contributed by atoms with van der Waals surface area (Å²) >= 11 is 6.02. The van der Waals surface area contributed by atoms with Crippen LogP contribution in [0.25, 0.3) is 11.2 Å². The molecule has 20 heavy (non-hydrogen) atoms. The molecule has 0 atom stereocenters. The summed E-state index contributed by atoms with van der Waals surface area (Å²) in [7, 11) is 1.63. The molecule has 2 aromatic rings. The molecule has 0 radical (unpaired) electrons. The molecular weight excluding hydrogens is 276 g/mol. The predicted octanol–water partition coefficient (Wildman–Crippen LogP) is 2.27. The van der Waals surface area contributed by atoms with Crippen molar-refractivity contribution in [1.82, 2.24) is 19.4 Å². The van der Waals surface area contributed by atoms with Crippen molar-refractivity contribution in [1.29, 1.82) is 0 Å². The molecule has 2 aromatic heterocycles. The molecule has 0 bridgehead atoms. The van der Waals surface area contributed by atoms with Gasteiger partial charge in [-0.1, -0.05) is 0 Å². The van der Waals surface area contributed by atoms with Crippen molar-refractivity contribution in [2.45, 2.75) is 25.3 Å². The summed E-state index contributed by atoms with van der Waals surface area (Å²) in [6.07, 6.45) is 2.61. The Kier molecular flexibility index (Phi) is 4.08. The maximum absolute atomic E-state index is 6.02. The number of hydrogen-bond acceptors (Lipinski definition) is 4. The second-order valence-electron chi connectivity index (χ2n) is 5.06. The molecule has 0 N–H and O–H groups in total. The molecule has 1 aliphatic heterocycles. The Morgan fingerprint density at radius 3 is 2.70 bits per heavy atom. The van der Waals surface area contributed by atoms with Crippen molar-refractivity contribution >= 4 is 22.8 Å². The van der Waals surface area contributed by atoms with Crippen molar-refractivity contribution in [2.75, 3.05) is 26.7 Å². The maximum atomic E-state index is 6.02. The van der Waals surface area contributed by atoms with Gasteiger partial charge in [-0.05, 0) is 32.0 Å². The Labute approximate surface area is 123 Å². The first kappa shape index (κ1) is 13.6. The van der Waals surface area contributed by atoms with E-state index in [1.165, 1.54) is 25.9 Å². The summed E-state index contributed by atoms with van der Waals surface area (Å²) in [5.74, 6) is 1.89. The van der Waals surface area contributed by atoms with Gasteiger partial charge in [0, 0.05) is 19.2 Å². The lowest BCUT2D eigenvalue weighted by Crippen LogP contribution is -2.24. The average Bonchev–Trinajstić information content (AvgIpc) is 3.11. The molecule has 1 fully saturated rings. The van der Waals surface area contributed by atoms with E-state index in [2.05, 4.69) is 19.4 Å². The number of hydrogen-bond donors (Lipinski definition) is 0. The van der Waals surface area contributed by atoms with Gasteiger partial charge in [0.2, 0.25) is 5.88 Å². The highest BCUT2D eigenvalue weighted by Crippen LogP contribution is 2.19. The van der Waals surface area contributed by atoms with Gasteiger partial charge in [0.05, 0.1) is 13.0 Å². The van der Waals surface area contributed by atoms with E-state index in [0.29, 0.717) is 11.8 Å². The Bertz CT molecular complexity index is 592. The highest BCUT2D eigenvalue weighted by molar-refractivity contribution is 6.16. The van der Waals surface area contributed by atoms with E-state index in [9.17, 15) is 0 Å². The SMILES string of the molecule is COc1ccc2nc(CCl)n(CCN3CCCC3)c2n1. The first-order chi connectivity index (χ1) is 9.81. The number of halogens is 1. The van der Waals surface area contributed by atoms with Gasteiger partial charge >= 0.3 is 0 Å². The second-order valence-corrected chi connectivity index (χ2v) is 5.33. The minimum Gasteiger partial charge on any atom is -0.481 e. The molecule has 108 valence electrons. The quantitative estimate of drug-likeness (QED) is 0.794. The van der Waals surface area contributed by atoms with Gasteiger partial charge in [0.1, 0.15) is 11.3 Å². The summed E-state index contributed by atoms with van der Waals surface area (Å²) < 4.78 is 7.32. The number of pyridine rings is 1. The minimum atomic E-state index is 0.401. The molecule has 1 saturated heterocycles. The van der Waals surface area contributed by atoms with Crippen LogP contribution in [0, 0.1) is 0 Å². The lowest BCUT2D eigenvalue weighted by Gasteiger charge is -2.16. The topological polar surface area (TPSA) is 43.2 Å². The van der Waals surface area contributed by atoms with Gasteiger partial charge in [-0.3, -0.25) is 0 Å². The second kappa shape index (κ2) is 5.97. The van der Waals surface area contributed by atoms with Crippen LogP contribution >= 0.6 is 11.6 Å². The van der Waals surface area contributed by atoms with Gasteiger partial charge in [0.15, 0.2) is 5.65 Å². The maximum Gasteiger partial charge on any atom is 0.215 e. The minimum absolute atomic E-state index is 0.401. The molecule has 0 amide bonds. The van der Waals surface area contributed by atoms with Crippen LogP contribution in [0.15, 0.2) is 12.1 Å². The van der Waals surface area contributed by atoms with E-state index in [1.54, 1.807) is 7.11 Å². The van der Waals surface area contributed by atoms with E-state index in [4.69, 9.17) is 16.3 Å². The number of nitrogens with zero attached hydrogens (tertiary/aromatic N) is 4. The zero-order chi connectivity index (χ0) is 13.9. The highest BCUT2D eigenvalue weighted by Gasteiger charge is 2.15. The van der Waals surface area contributed by atoms with Crippen molar-refractivity contribution in [3.63, 3.8) is 0 Å². The van der Waals surface area contributed by atoms with Gasteiger partial charge in [-0.25, -0.2) is 4.98 Å². The van der Waals surface area contributed by atoms with Crippen LogP contribution < -0.4 is 4.74 Å².